The number of hydrogen-bond donors (Lipinski definition) is 1. The van der Waals surface area contributed by atoms with E-state index in [0.717, 1.165) is 11.3 Å². The van der Waals surface area contributed by atoms with Gasteiger partial charge in [-0.05, 0) is 37.5 Å². The molecule has 0 saturated carbocycles. The molecule has 1 N–H and O–H groups in total. The van der Waals surface area contributed by atoms with Crippen molar-refractivity contribution in [1.29, 1.82) is 0 Å². The summed E-state index contributed by atoms with van der Waals surface area (Å²) < 4.78 is 7.44. The molecule has 1 aliphatic heterocycles. The molecule has 7 nitrogen and oxygen atoms in total. The van der Waals surface area contributed by atoms with E-state index in [-0.39, 0.29) is 12.5 Å². The quantitative estimate of drug-likeness (QED) is 0.821. The number of hydrogen-bond acceptors (Lipinski definition) is 5. The molecule has 1 saturated heterocycles. The Kier molecular flexibility index (Phi) is 5.33. The highest BCUT2D eigenvalue weighted by Gasteiger charge is 2.38. The van der Waals surface area contributed by atoms with Crippen LogP contribution in [-0.4, -0.2) is 56.0 Å². The van der Waals surface area contributed by atoms with Crippen LogP contribution in [0.25, 0.3) is 0 Å². The standard InChI is InChI=1S/C18H24N4O3/c1-15-4-2-5-16(10-15)25-12-18(24)7-9-21(11-18)17(23)6-3-8-22-14-19-13-20-22/h2,4-5,10,13-14,24H,3,6-9,11-12H2,1H3. The summed E-state index contributed by atoms with van der Waals surface area (Å²) in [6, 6.07) is 7.73. The van der Waals surface area contributed by atoms with Crippen molar-refractivity contribution in [2.45, 2.75) is 38.3 Å². The van der Waals surface area contributed by atoms with E-state index in [2.05, 4.69) is 10.1 Å². The van der Waals surface area contributed by atoms with Crippen LogP contribution in [0.1, 0.15) is 24.8 Å². The van der Waals surface area contributed by atoms with Crippen molar-refractivity contribution >= 4 is 5.91 Å². The minimum atomic E-state index is -0.981. The van der Waals surface area contributed by atoms with Gasteiger partial charge in [0, 0.05) is 19.5 Å². The van der Waals surface area contributed by atoms with E-state index in [1.165, 1.54) is 6.33 Å². The summed E-state index contributed by atoms with van der Waals surface area (Å²) in [6.07, 6.45) is 4.80. The first-order valence-electron chi connectivity index (χ1n) is 8.56. The number of ether oxygens (including phenoxy) is 1. The summed E-state index contributed by atoms with van der Waals surface area (Å²) in [5.41, 5.74) is 0.130. The largest absolute Gasteiger partial charge is 0.491 e. The predicted octanol–water partition coefficient (Wildman–Crippen LogP) is 1.41. The average molecular weight is 344 g/mol. The lowest BCUT2D eigenvalue weighted by atomic mass is 10.1. The van der Waals surface area contributed by atoms with Crippen molar-refractivity contribution in [1.82, 2.24) is 19.7 Å². The Balaban J connectivity index is 1.44. The third-order valence-corrected chi connectivity index (χ3v) is 4.43. The number of benzene rings is 1. The fourth-order valence-corrected chi connectivity index (χ4v) is 3.01. The second-order valence-corrected chi connectivity index (χ2v) is 6.66. The van der Waals surface area contributed by atoms with Crippen LogP contribution in [0.4, 0.5) is 0 Å². The van der Waals surface area contributed by atoms with Crippen LogP contribution in [0.5, 0.6) is 5.75 Å². The van der Waals surface area contributed by atoms with Gasteiger partial charge in [0.05, 0.1) is 6.54 Å². The van der Waals surface area contributed by atoms with E-state index in [9.17, 15) is 9.90 Å². The molecular formula is C18H24N4O3. The lowest BCUT2D eigenvalue weighted by Crippen LogP contribution is -2.40. The van der Waals surface area contributed by atoms with Gasteiger partial charge in [-0.2, -0.15) is 5.10 Å². The molecule has 1 amide bonds. The Labute approximate surface area is 147 Å². The van der Waals surface area contributed by atoms with Crippen LogP contribution in [-0.2, 0) is 11.3 Å². The maximum absolute atomic E-state index is 12.3. The van der Waals surface area contributed by atoms with Gasteiger partial charge in [-0.1, -0.05) is 12.1 Å². The Morgan fingerprint density at radius 3 is 3.08 bits per heavy atom. The van der Waals surface area contributed by atoms with Crippen LogP contribution < -0.4 is 4.74 Å². The lowest BCUT2D eigenvalue weighted by Gasteiger charge is -2.23. The SMILES string of the molecule is Cc1cccc(OCC2(O)CCN(C(=O)CCCn3cncn3)C2)c1. The average Bonchev–Trinajstić information content (AvgIpc) is 3.23. The first-order chi connectivity index (χ1) is 12.0. The van der Waals surface area contributed by atoms with Gasteiger partial charge in [0.1, 0.15) is 30.6 Å². The maximum atomic E-state index is 12.3. The van der Waals surface area contributed by atoms with Gasteiger partial charge in [0.25, 0.3) is 0 Å². The first kappa shape index (κ1) is 17.4. The van der Waals surface area contributed by atoms with Crippen molar-refractivity contribution < 1.29 is 14.6 Å². The molecule has 2 heterocycles. The van der Waals surface area contributed by atoms with Crippen LogP contribution in [0.15, 0.2) is 36.9 Å². The molecule has 0 spiro atoms. The number of aryl methyl sites for hydroxylation is 2. The molecule has 0 radical (unpaired) electrons. The number of likely N-dealkylation sites (tertiary alicyclic amines) is 1. The molecule has 1 atom stereocenters. The molecular weight excluding hydrogens is 320 g/mol. The molecule has 134 valence electrons. The highest BCUT2D eigenvalue weighted by Crippen LogP contribution is 2.24. The van der Waals surface area contributed by atoms with Crippen molar-refractivity contribution in [2.24, 2.45) is 0 Å². The number of aromatic nitrogens is 3. The maximum Gasteiger partial charge on any atom is 0.222 e. The zero-order chi connectivity index (χ0) is 17.7. The van der Waals surface area contributed by atoms with E-state index >= 15 is 0 Å². The Morgan fingerprint density at radius 1 is 1.44 bits per heavy atom. The molecule has 0 aliphatic carbocycles. The molecule has 1 unspecified atom stereocenters. The number of amides is 1. The van der Waals surface area contributed by atoms with Crippen LogP contribution in [0.2, 0.25) is 0 Å². The summed E-state index contributed by atoms with van der Waals surface area (Å²) in [5.74, 6) is 0.803. The number of rotatable bonds is 7. The van der Waals surface area contributed by atoms with Gasteiger partial charge < -0.3 is 14.7 Å². The van der Waals surface area contributed by atoms with E-state index in [1.54, 1.807) is 15.9 Å². The second-order valence-electron chi connectivity index (χ2n) is 6.66. The van der Waals surface area contributed by atoms with Gasteiger partial charge in [-0.3, -0.25) is 9.48 Å². The minimum Gasteiger partial charge on any atom is -0.491 e. The number of aliphatic hydroxyl groups is 1. The summed E-state index contributed by atoms with van der Waals surface area (Å²) in [7, 11) is 0. The molecule has 7 heteroatoms. The zero-order valence-corrected chi connectivity index (χ0v) is 14.5. The Bertz CT molecular complexity index is 704. The van der Waals surface area contributed by atoms with Crippen molar-refractivity contribution in [3.8, 4) is 5.75 Å². The fraction of sp³-hybridized carbons (Fsp3) is 0.500. The van der Waals surface area contributed by atoms with Crippen LogP contribution >= 0.6 is 0 Å². The summed E-state index contributed by atoms with van der Waals surface area (Å²) in [5, 5.41) is 14.7. The summed E-state index contributed by atoms with van der Waals surface area (Å²) in [4.78, 5) is 17.9. The Morgan fingerprint density at radius 2 is 2.32 bits per heavy atom. The number of nitrogens with zero attached hydrogens (tertiary/aromatic N) is 4. The molecule has 1 aromatic heterocycles. The van der Waals surface area contributed by atoms with E-state index in [1.807, 2.05) is 31.2 Å². The van der Waals surface area contributed by atoms with E-state index < -0.39 is 5.60 Å². The minimum absolute atomic E-state index is 0.0617. The highest BCUT2D eigenvalue weighted by molar-refractivity contribution is 5.76. The Hall–Kier alpha value is -2.41. The lowest BCUT2D eigenvalue weighted by molar-refractivity contribution is -0.131. The molecule has 25 heavy (non-hydrogen) atoms. The van der Waals surface area contributed by atoms with Gasteiger partial charge in [-0.15, -0.1) is 0 Å². The third kappa shape index (κ3) is 4.79. The van der Waals surface area contributed by atoms with Crippen molar-refractivity contribution in [3.05, 3.63) is 42.5 Å². The smallest absolute Gasteiger partial charge is 0.222 e. The monoisotopic (exact) mass is 344 g/mol. The highest BCUT2D eigenvalue weighted by atomic mass is 16.5. The van der Waals surface area contributed by atoms with Gasteiger partial charge in [-0.25, -0.2) is 4.98 Å². The van der Waals surface area contributed by atoms with E-state index in [4.69, 9.17) is 4.74 Å². The molecule has 1 aromatic carbocycles. The van der Waals surface area contributed by atoms with Gasteiger partial charge in [0.2, 0.25) is 5.91 Å². The third-order valence-electron chi connectivity index (χ3n) is 4.43. The van der Waals surface area contributed by atoms with Crippen LogP contribution in [0, 0.1) is 6.92 Å². The van der Waals surface area contributed by atoms with Gasteiger partial charge >= 0.3 is 0 Å². The summed E-state index contributed by atoms with van der Waals surface area (Å²) >= 11 is 0. The molecule has 0 bridgehead atoms. The van der Waals surface area contributed by atoms with Crippen molar-refractivity contribution in [3.63, 3.8) is 0 Å². The van der Waals surface area contributed by atoms with Gasteiger partial charge in [0.15, 0.2) is 0 Å². The first-order valence-corrected chi connectivity index (χ1v) is 8.56. The molecule has 1 fully saturated rings. The normalized spacial score (nSPS) is 20.0. The second kappa shape index (κ2) is 7.65. The predicted molar refractivity (Wildman–Crippen MR) is 92.1 cm³/mol. The molecule has 2 aromatic rings. The topological polar surface area (TPSA) is 80.5 Å². The molecule has 1 aliphatic rings. The van der Waals surface area contributed by atoms with E-state index in [0.29, 0.717) is 38.9 Å². The van der Waals surface area contributed by atoms with Crippen molar-refractivity contribution in [2.75, 3.05) is 19.7 Å². The summed E-state index contributed by atoms with van der Waals surface area (Å²) in [6.45, 7) is 3.74. The zero-order valence-electron chi connectivity index (χ0n) is 14.5. The van der Waals surface area contributed by atoms with Crippen LogP contribution in [0.3, 0.4) is 0 Å². The number of β-amino-alcohol motifs (C(OH)–C–C–N with tert-alkyl or cyclic N) is 1. The number of carbonyl (C=O) groups is 1. The molecule has 3 rings (SSSR count). The number of carbonyl (C=O) groups excluding carboxylic acids is 1. The fourth-order valence-electron chi connectivity index (χ4n) is 3.01.